The summed E-state index contributed by atoms with van der Waals surface area (Å²) >= 11 is 6.09. The van der Waals surface area contributed by atoms with Gasteiger partial charge in [-0.1, -0.05) is 63.6 Å². The van der Waals surface area contributed by atoms with Crippen molar-refractivity contribution >= 4 is 17.3 Å². The molecule has 2 heteroatoms. The normalized spacial score (nSPS) is 13.0. The fraction of sp³-hybridized carbons (Fsp3) is 0.368. The number of nitrogens with one attached hydrogen (secondary N) is 1. The van der Waals surface area contributed by atoms with E-state index in [1.54, 1.807) is 0 Å². The number of rotatable bonds is 4. The van der Waals surface area contributed by atoms with Crippen LogP contribution in [0, 0.1) is 0 Å². The van der Waals surface area contributed by atoms with Gasteiger partial charge in [0, 0.05) is 10.7 Å². The summed E-state index contributed by atoms with van der Waals surface area (Å²) in [5, 5.41) is 4.38. The van der Waals surface area contributed by atoms with Crippen molar-refractivity contribution in [2.75, 3.05) is 5.32 Å². The number of benzene rings is 2. The van der Waals surface area contributed by atoms with Gasteiger partial charge in [0.15, 0.2) is 0 Å². The van der Waals surface area contributed by atoms with Gasteiger partial charge in [-0.15, -0.1) is 0 Å². The van der Waals surface area contributed by atoms with Crippen LogP contribution in [-0.2, 0) is 5.41 Å². The first-order chi connectivity index (χ1) is 9.90. The summed E-state index contributed by atoms with van der Waals surface area (Å²) in [6.45, 7) is 8.88. The lowest BCUT2D eigenvalue weighted by Crippen LogP contribution is -2.12. The van der Waals surface area contributed by atoms with Crippen LogP contribution in [0.4, 0.5) is 5.69 Å². The zero-order valence-electron chi connectivity index (χ0n) is 13.3. The van der Waals surface area contributed by atoms with Gasteiger partial charge in [0.25, 0.3) is 0 Å². The summed E-state index contributed by atoms with van der Waals surface area (Å²) in [6, 6.07) is 17.1. The molecule has 1 nitrogen and oxygen atoms in total. The maximum absolute atomic E-state index is 6.09. The number of hydrogen-bond donors (Lipinski definition) is 1. The topological polar surface area (TPSA) is 12.0 Å². The van der Waals surface area contributed by atoms with Crippen molar-refractivity contribution in [1.82, 2.24) is 0 Å². The molecule has 1 N–H and O–H groups in total. The Morgan fingerprint density at radius 3 is 2.24 bits per heavy atom. The van der Waals surface area contributed by atoms with Crippen LogP contribution in [-0.4, -0.2) is 0 Å². The van der Waals surface area contributed by atoms with Gasteiger partial charge in [-0.2, -0.15) is 0 Å². The summed E-state index contributed by atoms with van der Waals surface area (Å²) in [6.07, 6.45) is 1.02. The highest BCUT2D eigenvalue weighted by Gasteiger charge is 2.14. The Morgan fingerprint density at radius 1 is 1.05 bits per heavy atom. The second kappa shape index (κ2) is 6.53. The lowest BCUT2D eigenvalue weighted by Gasteiger charge is -2.22. The number of anilines is 1. The van der Waals surface area contributed by atoms with Crippen molar-refractivity contribution in [3.8, 4) is 0 Å². The molecule has 0 amide bonds. The molecule has 0 fully saturated rings. The van der Waals surface area contributed by atoms with Crippen molar-refractivity contribution in [1.29, 1.82) is 0 Å². The molecule has 1 atom stereocenters. The van der Waals surface area contributed by atoms with Gasteiger partial charge < -0.3 is 5.32 Å². The third-order valence-corrected chi connectivity index (χ3v) is 3.99. The highest BCUT2D eigenvalue weighted by Crippen LogP contribution is 2.27. The van der Waals surface area contributed by atoms with Crippen LogP contribution < -0.4 is 5.32 Å². The molecule has 1 unspecified atom stereocenters. The molecule has 2 aromatic rings. The summed E-state index contributed by atoms with van der Waals surface area (Å²) in [5.41, 5.74) is 3.92. The smallest absolute Gasteiger partial charge is 0.0511 e. The van der Waals surface area contributed by atoms with Crippen molar-refractivity contribution in [3.63, 3.8) is 0 Å². The second-order valence-corrected chi connectivity index (χ2v) is 6.92. The molecule has 0 aliphatic rings. The number of hydrogen-bond acceptors (Lipinski definition) is 1. The van der Waals surface area contributed by atoms with Gasteiger partial charge in [0.1, 0.15) is 0 Å². The van der Waals surface area contributed by atoms with Gasteiger partial charge in [-0.3, -0.25) is 0 Å². The molecule has 0 spiro atoms. The minimum Gasteiger partial charge on any atom is -0.378 e. The average Bonchev–Trinajstić information content (AvgIpc) is 2.44. The molecular weight excluding hydrogens is 278 g/mol. The molecule has 0 saturated carbocycles. The highest BCUT2D eigenvalue weighted by molar-refractivity contribution is 6.30. The van der Waals surface area contributed by atoms with E-state index in [4.69, 9.17) is 11.6 Å². The molecule has 0 heterocycles. The van der Waals surface area contributed by atoms with Gasteiger partial charge in [-0.05, 0) is 47.2 Å². The third-order valence-electron chi connectivity index (χ3n) is 3.75. The van der Waals surface area contributed by atoms with E-state index >= 15 is 0 Å². The van der Waals surface area contributed by atoms with Crippen LogP contribution in [0.2, 0.25) is 5.02 Å². The predicted octanol–water partition coefficient (Wildman–Crippen LogP) is 6.20. The fourth-order valence-corrected chi connectivity index (χ4v) is 2.61. The molecule has 0 radical (unpaired) electrons. The molecule has 2 aromatic carbocycles. The zero-order valence-corrected chi connectivity index (χ0v) is 14.0. The van der Waals surface area contributed by atoms with E-state index in [2.05, 4.69) is 63.3 Å². The lowest BCUT2D eigenvalue weighted by atomic mass is 9.87. The summed E-state index contributed by atoms with van der Waals surface area (Å²) in [7, 11) is 0. The summed E-state index contributed by atoms with van der Waals surface area (Å²) in [5.74, 6) is 0. The molecule has 0 saturated heterocycles. The molecule has 0 aromatic heterocycles. The Kier molecular flexibility index (Phi) is 4.95. The molecule has 0 bridgehead atoms. The van der Waals surface area contributed by atoms with Gasteiger partial charge in [0.2, 0.25) is 0 Å². The molecule has 0 aliphatic heterocycles. The van der Waals surface area contributed by atoms with E-state index in [9.17, 15) is 0 Å². The maximum atomic E-state index is 6.09. The molecule has 0 aliphatic carbocycles. The zero-order chi connectivity index (χ0) is 15.5. The van der Waals surface area contributed by atoms with Crippen molar-refractivity contribution in [2.24, 2.45) is 0 Å². The average molecular weight is 302 g/mol. The fourth-order valence-electron chi connectivity index (χ4n) is 2.41. The second-order valence-electron chi connectivity index (χ2n) is 6.49. The monoisotopic (exact) mass is 301 g/mol. The van der Waals surface area contributed by atoms with E-state index in [1.165, 1.54) is 11.1 Å². The summed E-state index contributed by atoms with van der Waals surface area (Å²) in [4.78, 5) is 0. The minimum absolute atomic E-state index is 0.190. The van der Waals surface area contributed by atoms with E-state index in [-0.39, 0.29) is 11.5 Å². The van der Waals surface area contributed by atoms with Crippen LogP contribution in [0.15, 0.2) is 48.5 Å². The molecule has 112 valence electrons. The van der Waals surface area contributed by atoms with Gasteiger partial charge >= 0.3 is 0 Å². The van der Waals surface area contributed by atoms with Crippen LogP contribution in [0.5, 0.6) is 0 Å². The Hall–Kier alpha value is -1.47. The first-order valence-corrected chi connectivity index (χ1v) is 7.90. The van der Waals surface area contributed by atoms with Crippen LogP contribution in [0.1, 0.15) is 51.3 Å². The maximum Gasteiger partial charge on any atom is 0.0511 e. The Morgan fingerprint density at radius 2 is 1.71 bits per heavy atom. The predicted molar refractivity (Wildman–Crippen MR) is 93.2 cm³/mol. The third kappa shape index (κ3) is 4.25. The summed E-state index contributed by atoms with van der Waals surface area (Å²) < 4.78 is 0. The van der Waals surface area contributed by atoms with Crippen LogP contribution in [0.3, 0.4) is 0 Å². The van der Waals surface area contributed by atoms with Crippen molar-refractivity contribution in [2.45, 2.75) is 45.6 Å². The van der Waals surface area contributed by atoms with Gasteiger partial charge in [-0.25, -0.2) is 0 Å². The first-order valence-electron chi connectivity index (χ1n) is 7.52. The quantitative estimate of drug-likeness (QED) is 0.709. The Bertz CT molecular complexity index is 581. The molecule has 21 heavy (non-hydrogen) atoms. The SMILES string of the molecule is CCC(Nc1ccc(C(C)(C)C)cc1)c1cccc(Cl)c1. The lowest BCUT2D eigenvalue weighted by molar-refractivity contribution is 0.590. The largest absolute Gasteiger partial charge is 0.378 e. The first kappa shape index (κ1) is 15.9. The molecule has 2 rings (SSSR count). The van der Waals surface area contributed by atoms with Crippen LogP contribution in [0.25, 0.3) is 0 Å². The van der Waals surface area contributed by atoms with E-state index in [0.29, 0.717) is 0 Å². The van der Waals surface area contributed by atoms with E-state index in [0.717, 1.165) is 17.1 Å². The number of halogens is 1. The highest BCUT2D eigenvalue weighted by atomic mass is 35.5. The Balaban J connectivity index is 2.15. The Labute approximate surface area is 133 Å². The van der Waals surface area contributed by atoms with Crippen LogP contribution >= 0.6 is 11.6 Å². The minimum atomic E-state index is 0.190. The van der Waals surface area contributed by atoms with E-state index < -0.39 is 0 Å². The van der Waals surface area contributed by atoms with Gasteiger partial charge in [0.05, 0.1) is 6.04 Å². The molecular formula is C19H24ClN. The standard InChI is InChI=1S/C19H24ClN/c1-5-18(14-7-6-8-16(20)13-14)21-17-11-9-15(10-12-17)19(2,3)4/h6-13,18,21H,5H2,1-4H3. The van der Waals surface area contributed by atoms with Crippen molar-refractivity contribution in [3.05, 3.63) is 64.7 Å². The van der Waals surface area contributed by atoms with E-state index in [1.807, 2.05) is 18.2 Å². The van der Waals surface area contributed by atoms with Crippen molar-refractivity contribution < 1.29 is 0 Å².